The Labute approximate surface area is 178 Å². The van der Waals surface area contributed by atoms with Crippen LogP contribution in [0.25, 0.3) is 0 Å². The molecule has 0 spiro atoms. The van der Waals surface area contributed by atoms with E-state index in [1.54, 1.807) is 0 Å². The second kappa shape index (κ2) is 14.4. The van der Waals surface area contributed by atoms with Crippen LogP contribution in [0.5, 0.6) is 0 Å². The molecule has 0 aliphatic rings. The summed E-state index contributed by atoms with van der Waals surface area (Å²) in [6.07, 6.45) is 0. The fourth-order valence-electron chi connectivity index (χ4n) is 3.05. The van der Waals surface area contributed by atoms with Crippen LogP contribution in [0.1, 0.15) is 104 Å². The SMILES string of the molecule is C.CC.CC.Cc1ccc(C(C)(C)C)cc1.Cc1cccc(C)c1C(C)(C)C. The highest BCUT2D eigenvalue weighted by Crippen LogP contribution is 2.28. The molecule has 0 atom stereocenters. The minimum Gasteiger partial charge on any atom is -0.0776 e. The predicted molar refractivity (Wildman–Crippen MR) is 134 cm³/mol. The molecule has 0 unspecified atom stereocenters. The molecule has 0 saturated heterocycles. The second-order valence-corrected chi connectivity index (χ2v) is 8.63. The quantitative estimate of drug-likeness (QED) is 0.422. The smallest absolute Gasteiger partial charge is 0.0127 e. The van der Waals surface area contributed by atoms with Gasteiger partial charge >= 0.3 is 0 Å². The van der Waals surface area contributed by atoms with Crippen molar-refractivity contribution in [3.05, 3.63) is 70.3 Å². The molecule has 0 heteroatoms. The van der Waals surface area contributed by atoms with Crippen molar-refractivity contribution < 1.29 is 0 Å². The first-order chi connectivity index (χ1) is 12.4. The van der Waals surface area contributed by atoms with Gasteiger partial charge in [0.15, 0.2) is 0 Å². The Hall–Kier alpha value is -1.56. The third-order valence-corrected chi connectivity index (χ3v) is 4.15. The molecule has 0 radical (unpaired) electrons. The van der Waals surface area contributed by atoms with Crippen molar-refractivity contribution >= 4 is 0 Å². The highest BCUT2D eigenvalue weighted by Gasteiger charge is 2.17. The van der Waals surface area contributed by atoms with E-state index >= 15 is 0 Å². The van der Waals surface area contributed by atoms with Crippen LogP contribution < -0.4 is 0 Å². The summed E-state index contributed by atoms with van der Waals surface area (Å²) in [5.74, 6) is 0. The van der Waals surface area contributed by atoms with E-state index in [1.165, 1.54) is 27.8 Å². The normalized spacial score (nSPS) is 10.0. The lowest BCUT2D eigenvalue weighted by atomic mass is 9.81. The van der Waals surface area contributed by atoms with Crippen molar-refractivity contribution in [2.24, 2.45) is 0 Å². The van der Waals surface area contributed by atoms with Crippen LogP contribution in [0.4, 0.5) is 0 Å². The lowest BCUT2D eigenvalue weighted by molar-refractivity contribution is 0.582. The Morgan fingerprint density at radius 1 is 0.536 bits per heavy atom. The molecular formula is C28H50. The second-order valence-electron chi connectivity index (χ2n) is 8.63. The number of hydrogen-bond donors (Lipinski definition) is 0. The predicted octanol–water partition coefficient (Wildman–Crippen LogP) is 9.58. The summed E-state index contributed by atoms with van der Waals surface area (Å²) in [6, 6.07) is 15.2. The van der Waals surface area contributed by atoms with Gasteiger partial charge in [-0.2, -0.15) is 0 Å². The van der Waals surface area contributed by atoms with Crippen LogP contribution in [0.15, 0.2) is 42.5 Å². The maximum Gasteiger partial charge on any atom is -0.0127 e. The molecule has 0 fully saturated rings. The molecule has 0 aliphatic heterocycles. The van der Waals surface area contributed by atoms with Gasteiger partial charge in [0.05, 0.1) is 0 Å². The van der Waals surface area contributed by atoms with E-state index < -0.39 is 0 Å². The fourth-order valence-corrected chi connectivity index (χ4v) is 3.05. The number of hydrogen-bond acceptors (Lipinski definition) is 0. The highest BCUT2D eigenvalue weighted by molar-refractivity contribution is 5.38. The van der Waals surface area contributed by atoms with Gasteiger partial charge in [0.25, 0.3) is 0 Å². The molecule has 162 valence electrons. The van der Waals surface area contributed by atoms with E-state index in [1.807, 2.05) is 27.7 Å². The van der Waals surface area contributed by atoms with Crippen molar-refractivity contribution in [2.75, 3.05) is 0 Å². The molecular weight excluding hydrogens is 336 g/mol. The van der Waals surface area contributed by atoms with E-state index in [-0.39, 0.29) is 18.3 Å². The van der Waals surface area contributed by atoms with Gasteiger partial charge in [-0.25, -0.2) is 0 Å². The first-order valence-electron chi connectivity index (χ1n) is 10.6. The third kappa shape index (κ3) is 11.3. The van der Waals surface area contributed by atoms with Gasteiger partial charge in [0, 0.05) is 0 Å². The van der Waals surface area contributed by atoms with Crippen molar-refractivity contribution in [1.82, 2.24) is 0 Å². The van der Waals surface area contributed by atoms with E-state index in [4.69, 9.17) is 0 Å². The molecule has 0 saturated carbocycles. The maximum absolute atomic E-state index is 2.27. The summed E-state index contributed by atoms with van der Waals surface area (Å²) in [4.78, 5) is 0. The van der Waals surface area contributed by atoms with E-state index in [0.717, 1.165) is 0 Å². The number of benzene rings is 2. The molecule has 28 heavy (non-hydrogen) atoms. The van der Waals surface area contributed by atoms with Crippen molar-refractivity contribution in [1.29, 1.82) is 0 Å². The Morgan fingerprint density at radius 2 is 0.893 bits per heavy atom. The van der Waals surface area contributed by atoms with Crippen molar-refractivity contribution in [2.45, 2.75) is 108 Å². The van der Waals surface area contributed by atoms with Crippen LogP contribution in [0, 0.1) is 20.8 Å². The Kier molecular flexibility index (Phi) is 16.1. The van der Waals surface area contributed by atoms with Crippen molar-refractivity contribution in [3.63, 3.8) is 0 Å². The zero-order valence-electron chi connectivity index (χ0n) is 20.5. The monoisotopic (exact) mass is 386 g/mol. The maximum atomic E-state index is 2.27. The van der Waals surface area contributed by atoms with E-state index in [0.29, 0.717) is 0 Å². The zero-order valence-corrected chi connectivity index (χ0v) is 20.5. The van der Waals surface area contributed by atoms with Gasteiger partial charge in [-0.05, 0) is 53.9 Å². The Morgan fingerprint density at radius 3 is 1.14 bits per heavy atom. The molecule has 0 N–H and O–H groups in total. The van der Waals surface area contributed by atoms with Gasteiger partial charge in [-0.15, -0.1) is 0 Å². The average molecular weight is 387 g/mol. The molecule has 2 aromatic rings. The van der Waals surface area contributed by atoms with Gasteiger partial charge < -0.3 is 0 Å². The Balaban J connectivity index is -0.000000368. The minimum absolute atomic E-state index is 0. The summed E-state index contributed by atoms with van der Waals surface area (Å²) in [7, 11) is 0. The third-order valence-electron chi connectivity index (χ3n) is 4.15. The molecule has 2 aromatic carbocycles. The fraction of sp³-hybridized carbons (Fsp3) is 0.571. The van der Waals surface area contributed by atoms with Crippen molar-refractivity contribution in [3.8, 4) is 0 Å². The standard InChI is InChI=1S/C12H18.C11H16.2C2H6.CH4/c1-9-7-6-8-10(2)11(9)12(3,4)5;1-9-5-7-10(8-6-9)11(2,3)4;2*1-2;/h6-8H,1-5H3;5-8H,1-4H3;2*1-2H3;1H4. The first kappa shape index (κ1) is 31.1. The topological polar surface area (TPSA) is 0 Å². The van der Waals surface area contributed by atoms with Crippen LogP contribution in [0.2, 0.25) is 0 Å². The minimum atomic E-state index is 0. The molecule has 0 nitrogen and oxygen atoms in total. The van der Waals surface area contributed by atoms with Gasteiger partial charge in [0.1, 0.15) is 0 Å². The summed E-state index contributed by atoms with van der Waals surface area (Å²) in [5.41, 5.74) is 7.60. The zero-order chi connectivity index (χ0) is 21.8. The van der Waals surface area contributed by atoms with Crippen LogP contribution in [-0.2, 0) is 10.8 Å². The lowest BCUT2D eigenvalue weighted by Crippen LogP contribution is -2.14. The first-order valence-corrected chi connectivity index (χ1v) is 10.6. The molecule has 0 bridgehead atoms. The summed E-state index contributed by atoms with van der Waals surface area (Å²) in [5, 5.41) is 0. The van der Waals surface area contributed by atoms with Crippen LogP contribution in [0.3, 0.4) is 0 Å². The molecule has 0 aliphatic carbocycles. The van der Waals surface area contributed by atoms with Gasteiger partial charge in [-0.3, -0.25) is 0 Å². The Bertz CT molecular complexity index is 596. The van der Waals surface area contributed by atoms with E-state index in [9.17, 15) is 0 Å². The molecule has 2 rings (SSSR count). The molecule has 0 amide bonds. The molecule has 0 aromatic heterocycles. The lowest BCUT2D eigenvalue weighted by Gasteiger charge is -2.23. The van der Waals surface area contributed by atoms with E-state index in [2.05, 4.69) is 105 Å². The van der Waals surface area contributed by atoms with Gasteiger partial charge in [0.2, 0.25) is 0 Å². The summed E-state index contributed by atoms with van der Waals surface area (Å²) < 4.78 is 0. The largest absolute Gasteiger partial charge is 0.0776 e. The van der Waals surface area contributed by atoms with Crippen LogP contribution >= 0.6 is 0 Å². The summed E-state index contributed by atoms with van der Waals surface area (Å²) >= 11 is 0. The highest BCUT2D eigenvalue weighted by atomic mass is 14.2. The number of rotatable bonds is 0. The number of aryl methyl sites for hydroxylation is 3. The molecule has 0 heterocycles. The average Bonchev–Trinajstić information content (AvgIpc) is 2.57. The summed E-state index contributed by atoms with van der Waals surface area (Å²) in [6.45, 7) is 28.0. The van der Waals surface area contributed by atoms with Gasteiger partial charge in [-0.1, -0.05) is 125 Å². The van der Waals surface area contributed by atoms with Crippen LogP contribution in [-0.4, -0.2) is 0 Å².